The summed E-state index contributed by atoms with van der Waals surface area (Å²) in [5.41, 5.74) is 2.06. The van der Waals surface area contributed by atoms with Crippen molar-refractivity contribution < 1.29 is 51.4 Å². The Bertz CT molecular complexity index is 144. The largest absolute Gasteiger partial charge is 1.00 e. The fourth-order valence-electron chi connectivity index (χ4n) is 0.389. The molecule has 0 saturated heterocycles. The Hall–Kier alpha value is 0.846. The molecule has 3 heteroatoms. The molecule has 60 valence electrons. The zero-order valence-electron chi connectivity index (χ0n) is 8.47. The molecule has 11 heavy (non-hydrogen) atoms. The van der Waals surface area contributed by atoms with Gasteiger partial charge in [0.15, 0.2) is 0 Å². The molecule has 0 aliphatic rings. The number of hydrogen-bond acceptors (Lipinski definition) is 1. The van der Waals surface area contributed by atoms with Crippen molar-refractivity contribution in [1.82, 2.24) is 9.97 Å². The van der Waals surface area contributed by atoms with E-state index in [0.717, 1.165) is 11.4 Å². The predicted octanol–water partition coefficient (Wildman–Crippen LogP) is -0.864. The van der Waals surface area contributed by atoms with Gasteiger partial charge in [-0.25, -0.2) is 0 Å². The van der Waals surface area contributed by atoms with E-state index < -0.39 is 0 Å². The molecule has 1 rings (SSSR count). The summed E-state index contributed by atoms with van der Waals surface area (Å²) in [6.45, 7) is 7.89. The van der Waals surface area contributed by atoms with Crippen molar-refractivity contribution >= 4 is 0 Å². The van der Waals surface area contributed by atoms with Gasteiger partial charge in [-0.3, -0.25) is 0 Å². The van der Waals surface area contributed by atoms with Crippen molar-refractivity contribution in [2.75, 3.05) is 0 Å². The molecule has 0 aliphatic heterocycles. The van der Waals surface area contributed by atoms with Crippen molar-refractivity contribution in [1.29, 1.82) is 0 Å². The van der Waals surface area contributed by atoms with E-state index in [1.165, 1.54) is 0 Å². The van der Waals surface area contributed by atoms with Crippen molar-refractivity contribution in [3.8, 4) is 0 Å². The van der Waals surface area contributed by atoms with Crippen molar-refractivity contribution in [2.24, 2.45) is 0 Å². The molecule has 2 nitrogen and oxygen atoms in total. The maximum atomic E-state index is 3.91. The quantitative estimate of drug-likeness (QED) is 0.383. The molecular weight excluding hydrogens is 163 g/mol. The predicted molar refractivity (Wildman–Crippen MR) is 44.8 cm³/mol. The van der Waals surface area contributed by atoms with Crippen LogP contribution in [0.2, 0.25) is 0 Å². The first-order valence-corrected chi connectivity index (χ1v) is 3.21. The van der Waals surface area contributed by atoms with Crippen LogP contribution in [-0.2, 0) is 0 Å². The first-order chi connectivity index (χ1) is 4.30. The molecule has 1 heterocycles. The van der Waals surface area contributed by atoms with Gasteiger partial charge in [0.05, 0.1) is 0 Å². The number of nitrogens with zero attached hydrogens (tertiary/aromatic N) is 2. The summed E-state index contributed by atoms with van der Waals surface area (Å²) in [5, 5.41) is 0. The first kappa shape index (κ1) is 17.8. The third-order valence-corrected chi connectivity index (χ3v) is 1.03. The fourth-order valence-corrected chi connectivity index (χ4v) is 0.389. The maximum absolute atomic E-state index is 3.91. The number of imidazole rings is 1. The van der Waals surface area contributed by atoms with E-state index in [-0.39, 0.29) is 58.8 Å². The van der Waals surface area contributed by atoms with Gasteiger partial charge in [-0.05, 0) is 13.8 Å². The normalized spacial score (nSPS) is 6.55. The second-order valence-electron chi connectivity index (χ2n) is 1.54. The summed E-state index contributed by atoms with van der Waals surface area (Å²) in [4.78, 5) is 7.81. The van der Waals surface area contributed by atoms with Gasteiger partial charge in [0.2, 0.25) is 0 Å². The van der Waals surface area contributed by atoms with Crippen LogP contribution in [0.5, 0.6) is 0 Å². The molecule has 0 N–H and O–H groups in total. The van der Waals surface area contributed by atoms with Crippen molar-refractivity contribution in [3.63, 3.8) is 0 Å². The molecule has 0 fully saturated rings. The van der Waals surface area contributed by atoms with Crippen LogP contribution in [-0.4, -0.2) is 4.98 Å². The first-order valence-electron chi connectivity index (χ1n) is 3.21. The van der Waals surface area contributed by atoms with E-state index in [9.17, 15) is 0 Å². The summed E-state index contributed by atoms with van der Waals surface area (Å²) in [6, 6.07) is 0. The van der Waals surface area contributed by atoms with Crippen molar-refractivity contribution in [3.05, 3.63) is 25.1 Å². The fraction of sp³-hybridized carbons (Fsp3) is 0.500. The minimum Gasteiger partial charge on any atom is -0.447 e. The van der Waals surface area contributed by atoms with Gasteiger partial charge in [-0.2, -0.15) is 0 Å². The smallest absolute Gasteiger partial charge is 0.447 e. The Kier molecular flexibility index (Phi) is 17.6. The van der Waals surface area contributed by atoms with Crippen LogP contribution < -0.4 is 56.4 Å². The zero-order valence-corrected chi connectivity index (χ0v) is 11.6. The Labute approximate surface area is 113 Å². The second kappa shape index (κ2) is 10.8. The Morgan fingerprint density at radius 2 is 1.73 bits per heavy atom. The molecule has 1 aromatic heterocycles. The van der Waals surface area contributed by atoms with Crippen molar-refractivity contribution in [2.45, 2.75) is 27.7 Å². The number of rotatable bonds is 0. The summed E-state index contributed by atoms with van der Waals surface area (Å²) in [5.74, 6) is 0. The van der Waals surface area contributed by atoms with Gasteiger partial charge in [-0.15, -0.1) is 0 Å². The Balaban J connectivity index is -0.000000149. The molecule has 0 radical (unpaired) electrons. The summed E-state index contributed by atoms with van der Waals surface area (Å²) in [6.07, 6.45) is 1.57. The van der Waals surface area contributed by atoms with E-state index in [0.29, 0.717) is 0 Å². The zero-order chi connectivity index (χ0) is 7.28. The number of aryl methyl sites for hydroxylation is 2. The summed E-state index contributed by atoms with van der Waals surface area (Å²) < 4.78 is 0. The van der Waals surface area contributed by atoms with Gasteiger partial charge in [-0.1, -0.05) is 31.6 Å². The third-order valence-electron chi connectivity index (χ3n) is 1.03. The molecular formula is C8H16KN2-. The van der Waals surface area contributed by atoms with Crippen LogP contribution in [0.15, 0.2) is 6.33 Å². The molecule has 0 spiro atoms. The van der Waals surface area contributed by atoms with Crippen LogP contribution in [0, 0.1) is 21.3 Å². The third kappa shape index (κ3) is 7.22. The molecule has 1 aromatic rings. The average Bonchev–Trinajstić information content (AvgIpc) is 2.23. The van der Waals surface area contributed by atoms with Crippen LogP contribution >= 0.6 is 0 Å². The van der Waals surface area contributed by atoms with E-state index in [1.807, 2.05) is 27.7 Å². The minimum absolute atomic E-state index is 0. The van der Waals surface area contributed by atoms with Crippen LogP contribution in [0.4, 0.5) is 0 Å². The molecule has 0 bridgehead atoms. The van der Waals surface area contributed by atoms with E-state index >= 15 is 0 Å². The topological polar surface area (TPSA) is 27.0 Å². The molecule has 0 aliphatic carbocycles. The number of hydrogen-bond donors (Lipinski definition) is 0. The van der Waals surface area contributed by atoms with E-state index in [4.69, 9.17) is 0 Å². The van der Waals surface area contributed by atoms with Crippen LogP contribution in [0.25, 0.3) is 0 Å². The Morgan fingerprint density at radius 1 is 1.27 bits per heavy atom. The minimum atomic E-state index is 0. The van der Waals surface area contributed by atoms with E-state index in [2.05, 4.69) is 9.97 Å². The monoisotopic (exact) mass is 179 g/mol. The number of aromatic nitrogens is 2. The Morgan fingerprint density at radius 3 is 1.82 bits per heavy atom. The van der Waals surface area contributed by atoms with Gasteiger partial charge < -0.3 is 17.4 Å². The van der Waals surface area contributed by atoms with E-state index in [1.54, 1.807) is 6.33 Å². The van der Waals surface area contributed by atoms with Gasteiger partial charge in [0.1, 0.15) is 0 Å². The van der Waals surface area contributed by atoms with Gasteiger partial charge in [0, 0.05) is 0 Å². The molecule has 0 saturated carbocycles. The second-order valence-corrected chi connectivity index (χ2v) is 1.54. The van der Waals surface area contributed by atoms with Crippen LogP contribution in [0.1, 0.15) is 25.2 Å². The van der Waals surface area contributed by atoms with Crippen LogP contribution in [0.3, 0.4) is 0 Å². The summed E-state index contributed by atoms with van der Waals surface area (Å²) >= 11 is 0. The summed E-state index contributed by atoms with van der Waals surface area (Å²) in [7, 11) is 0. The molecule has 0 amide bonds. The molecule has 0 unspecified atom stereocenters. The molecule has 0 atom stereocenters. The maximum Gasteiger partial charge on any atom is 1.00 e. The average molecular weight is 179 g/mol. The molecule has 0 aromatic carbocycles. The van der Waals surface area contributed by atoms with Gasteiger partial charge in [0.25, 0.3) is 0 Å². The van der Waals surface area contributed by atoms with Gasteiger partial charge >= 0.3 is 51.4 Å². The standard InChI is InChI=1S/C5H7N2.C2H6.CH3.K/c1-4-5(2)7-3-6-4;1-2;;/h3H,1-2H3;1-2H3;1H3;/q-1;;-1;+1. The SMILES string of the molecule is CC.Cc1nc[n-]c1C.[CH3-].[K+].